The molecular weight excluding hydrogens is 248 g/mol. The Morgan fingerprint density at radius 3 is 2.79 bits per heavy atom. The molecule has 2 rings (SSSR count). The summed E-state index contributed by atoms with van der Waals surface area (Å²) in [5.41, 5.74) is 1.06. The second-order valence-corrected chi connectivity index (χ2v) is 4.56. The fraction of sp³-hybridized carbons (Fsp3) is 0.500. The van der Waals surface area contributed by atoms with Gasteiger partial charge in [-0.1, -0.05) is 19.0 Å². The van der Waals surface area contributed by atoms with Crippen LogP contribution in [0.5, 0.6) is 0 Å². The minimum Gasteiger partial charge on any atom is -0.467 e. The maximum Gasteiger partial charge on any atom is 0.328 e. The number of hydrogen-bond donors (Lipinski definition) is 1. The monoisotopic (exact) mass is 264 g/mol. The first-order chi connectivity index (χ1) is 9.04. The van der Waals surface area contributed by atoms with Gasteiger partial charge >= 0.3 is 5.97 Å². The molecule has 0 aliphatic carbocycles. The highest BCUT2D eigenvalue weighted by atomic mass is 16.5. The summed E-state index contributed by atoms with van der Waals surface area (Å²) in [6.07, 6.45) is 1.37. The number of methoxy groups -OCH3 is 1. The molecule has 1 unspecified atom stereocenters. The average molecular weight is 264 g/mol. The van der Waals surface area contributed by atoms with E-state index in [1.807, 2.05) is 13.8 Å². The highest BCUT2D eigenvalue weighted by Gasteiger charge is 2.25. The van der Waals surface area contributed by atoms with Crippen LogP contribution in [0.1, 0.15) is 19.5 Å². The molecule has 1 atom stereocenters. The average Bonchev–Trinajstić information content (AvgIpc) is 2.77. The van der Waals surface area contributed by atoms with E-state index in [1.165, 1.54) is 13.4 Å². The molecule has 2 aromatic heterocycles. The fourth-order valence-electron chi connectivity index (χ4n) is 1.80. The van der Waals surface area contributed by atoms with E-state index < -0.39 is 6.04 Å². The number of carbonyl (C=O) groups excluding carboxylic acids is 1. The number of anilines is 1. The van der Waals surface area contributed by atoms with Gasteiger partial charge in [0.05, 0.1) is 12.8 Å². The number of aromatic nitrogens is 3. The number of ether oxygens (including phenoxy) is 1. The van der Waals surface area contributed by atoms with Gasteiger partial charge in [0.1, 0.15) is 23.6 Å². The number of fused-ring (bicyclic) bond motifs is 1. The second kappa shape index (κ2) is 5.21. The van der Waals surface area contributed by atoms with Crippen LogP contribution < -0.4 is 5.32 Å². The minimum atomic E-state index is -0.489. The molecule has 19 heavy (non-hydrogen) atoms. The summed E-state index contributed by atoms with van der Waals surface area (Å²) in [7, 11) is 1.36. The number of esters is 1. The van der Waals surface area contributed by atoms with Gasteiger partial charge < -0.3 is 14.6 Å². The molecule has 0 spiro atoms. The van der Waals surface area contributed by atoms with Gasteiger partial charge in [0.2, 0.25) is 0 Å². The van der Waals surface area contributed by atoms with Crippen LogP contribution in [0, 0.1) is 12.8 Å². The van der Waals surface area contributed by atoms with Crippen LogP contribution >= 0.6 is 0 Å². The van der Waals surface area contributed by atoms with E-state index in [9.17, 15) is 4.79 Å². The lowest BCUT2D eigenvalue weighted by Gasteiger charge is -2.20. The molecule has 2 heterocycles. The number of rotatable bonds is 4. The number of nitrogens with one attached hydrogen (secondary N) is 1. The van der Waals surface area contributed by atoms with Crippen LogP contribution in [0.25, 0.3) is 11.1 Å². The zero-order valence-electron chi connectivity index (χ0n) is 11.3. The van der Waals surface area contributed by atoms with Gasteiger partial charge in [0.25, 0.3) is 5.71 Å². The van der Waals surface area contributed by atoms with Gasteiger partial charge in [-0.05, 0) is 12.8 Å². The van der Waals surface area contributed by atoms with E-state index in [2.05, 4.69) is 20.4 Å². The summed E-state index contributed by atoms with van der Waals surface area (Å²) in [6.45, 7) is 5.64. The Bertz CT molecular complexity index is 594. The van der Waals surface area contributed by atoms with Gasteiger partial charge in [-0.2, -0.15) is 4.98 Å². The lowest BCUT2D eigenvalue weighted by Crippen LogP contribution is -2.35. The van der Waals surface area contributed by atoms with Crippen LogP contribution in [0.3, 0.4) is 0 Å². The van der Waals surface area contributed by atoms with Gasteiger partial charge in [0.15, 0.2) is 0 Å². The topological polar surface area (TPSA) is 90.1 Å². The normalized spacial score (nSPS) is 12.7. The van der Waals surface area contributed by atoms with Crippen LogP contribution in [-0.4, -0.2) is 34.2 Å². The molecule has 7 nitrogen and oxygen atoms in total. The van der Waals surface area contributed by atoms with Gasteiger partial charge in [-0.25, -0.2) is 9.78 Å². The SMILES string of the molecule is COC(=O)C(Nc1ncnc2onc(C)c12)C(C)C. The maximum atomic E-state index is 11.7. The number of hydrogen-bond acceptors (Lipinski definition) is 7. The first kappa shape index (κ1) is 13.3. The summed E-state index contributed by atoms with van der Waals surface area (Å²) in [5.74, 6) is 0.237. The van der Waals surface area contributed by atoms with Crippen molar-refractivity contribution < 1.29 is 14.1 Å². The molecule has 0 aliphatic rings. The third-order valence-electron chi connectivity index (χ3n) is 2.86. The van der Waals surface area contributed by atoms with Crippen molar-refractivity contribution in [1.82, 2.24) is 15.1 Å². The maximum absolute atomic E-state index is 11.7. The summed E-state index contributed by atoms with van der Waals surface area (Å²) in [5, 5.41) is 7.59. The van der Waals surface area contributed by atoms with Crippen molar-refractivity contribution in [2.24, 2.45) is 5.92 Å². The quantitative estimate of drug-likeness (QED) is 0.837. The number of carbonyl (C=O) groups is 1. The Labute approximate surface area is 110 Å². The van der Waals surface area contributed by atoms with E-state index in [0.717, 1.165) is 0 Å². The molecule has 1 N–H and O–H groups in total. The molecule has 0 radical (unpaired) electrons. The smallest absolute Gasteiger partial charge is 0.328 e. The Kier molecular flexibility index (Phi) is 3.64. The summed E-state index contributed by atoms with van der Waals surface area (Å²) >= 11 is 0. The first-order valence-corrected chi connectivity index (χ1v) is 5.96. The third-order valence-corrected chi connectivity index (χ3v) is 2.86. The van der Waals surface area contributed by atoms with E-state index in [1.54, 1.807) is 6.92 Å². The number of aryl methyl sites for hydroxylation is 1. The summed E-state index contributed by atoms with van der Waals surface area (Å²) in [6, 6.07) is -0.489. The highest BCUT2D eigenvalue weighted by molar-refractivity contribution is 5.89. The number of nitrogens with zero attached hydrogens (tertiary/aromatic N) is 3. The molecule has 7 heteroatoms. The van der Waals surface area contributed by atoms with E-state index in [0.29, 0.717) is 22.6 Å². The molecule has 0 bridgehead atoms. The summed E-state index contributed by atoms with van der Waals surface area (Å²) in [4.78, 5) is 19.9. The Morgan fingerprint density at radius 1 is 1.42 bits per heavy atom. The van der Waals surface area contributed by atoms with E-state index >= 15 is 0 Å². The van der Waals surface area contributed by atoms with Crippen LogP contribution in [0.4, 0.5) is 5.82 Å². The molecule has 0 amide bonds. The fourth-order valence-corrected chi connectivity index (χ4v) is 1.80. The van der Waals surface area contributed by atoms with Crippen LogP contribution in [0.15, 0.2) is 10.9 Å². The predicted octanol–water partition coefficient (Wildman–Crippen LogP) is 1.54. The van der Waals surface area contributed by atoms with Crippen LogP contribution in [0.2, 0.25) is 0 Å². The molecule has 0 aliphatic heterocycles. The van der Waals surface area contributed by atoms with Gasteiger partial charge in [0, 0.05) is 0 Å². The van der Waals surface area contributed by atoms with E-state index in [4.69, 9.17) is 9.26 Å². The molecule has 102 valence electrons. The van der Waals surface area contributed by atoms with Gasteiger partial charge in [-0.15, -0.1) is 0 Å². The molecule has 0 saturated heterocycles. The standard InChI is InChI=1S/C12H16N4O3/c1-6(2)9(12(17)18-4)15-10-8-7(3)16-19-11(8)14-5-13-10/h5-6,9H,1-4H3,(H,13,14,15). The molecular formula is C12H16N4O3. The molecule has 0 aromatic carbocycles. The Balaban J connectivity index is 2.39. The van der Waals surface area contributed by atoms with Crippen molar-refractivity contribution in [3.8, 4) is 0 Å². The Morgan fingerprint density at radius 2 is 2.16 bits per heavy atom. The summed E-state index contributed by atoms with van der Waals surface area (Å²) < 4.78 is 9.85. The zero-order chi connectivity index (χ0) is 14.0. The molecule has 0 saturated carbocycles. The van der Waals surface area contributed by atoms with Crippen molar-refractivity contribution >= 4 is 22.9 Å². The van der Waals surface area contributed by atoms with Crippen molar-refractivity contribution in [3.63, 3.8) is 0 Å². The minimum absolute atomic E-state index is 0.0534. The molecule has 2 aromatic rings. The van der Waals surface area contributed by atoms with Crippen molar-refractivity contribution in [3.05, 3.63) is 12.0 Å². The molecule has 0 fully saturated rings. The largest absolute Gasteiger partial charge is 0.467 e. The van der Waals surface area contributed by atoms with E-state index in [-0.39, 0.29) is 11.9 Å². The second-order valence-electron chi connectivity index (χ2n) is 4.56. The highest BCUT2D eigenvalue weighted by Crippen LogP contribution is 2.24. The lowest BCUT2D eigenvalue weighted by molar-refractivity contribution is -0.142. The van der Waals surface area contributed by atoms with Crippen molar-refractivity contribution in [2.45, 2.75) is 26.8 Å². The predicted molar refractivity (Wildman–Crippen MR) is 68.6 cm³/mol. The van der Waals surface area contributed by atoms with Gasteiger partial charge in [-0.3, -0.25) is 0 Å². The first-order valence-electron chi connectivity index (χ1n) is 5.96. The van der Waals surface area contributed by atoms with Crippen molar-refractivity contribution in [1.29, 1.82) is 0 Å². The van der Waals surface area contributed by atoms with Crippen LogP contribution in [-0.2, 0) is 9.53 Å². The Hall–Kier alpha value is -2.18. The third kappa shape index (κ3) is 2.49. The zero-order valence-corrected chi connectivity index (χ0v) is 11.3. The lowest BCUT2D eigenvalue weighted by atomic mass is 10.0. The van der Waals surface area contributed by atoms with Crippen molar-refractivity contribution in [2.75, 3.05) is 12.4 Å².